The standard InChI is InChI=1S/C19H18N4O3.C12H10BrN3O.CH4/c1-12-9-13(3-5-19(26)6-8-23(2)18(19)25)11-14(10-12)17-21-7-4-15(22-17)16(20)24;1-7-4-8(6-9(13)5-7)12-15-3-2-10(16-12)11(14)17;/h4,7,9-11,26H,6,8H2,1-2H3,(H2,20,24);2-6H,1H3,(H2,14,17);1H4/t19-;;/m0../s1. The zero-order valence-electron chi connectivity index (χ0n) is 23.6. The summed E-state index contributed by atoms with van der Waals surface area (Å²) in [5.41, 5.74) is 13.2. The smallest absolute Gasteiger partial charge is 0.267 e. The van der Waals surface area contributed by atoms with Crippen molar-refractivity contribution in [3.05, 3.63) is 93.5 Å². The molecule has 4 aromatic rings. The van der Waals surface area contributed by atoms with E-state index in [4.69, 9.17) is 11.5 Å². The number of likely N-dealkylation sites (tertiary alicyclic amines) is 1. The number of likely N-dealkylation sites (N-methyl/N-ethyl adjacent to an activating group) is 1. The lowest BCUT2D eigenvalue weighted by Gasteiger charge is -2.13. The van der Waals surface area contributed by atoms with Crippen LogP contribution in [0.2, 0.25) is 0 Å². The maximum Gasteiger partial charge on any atom is 0.267 e. The quantitative estimate of drug-likeness (QED) is 0.279. The molecule has 0 bridgehead atoms. The maximum atomic E-state index is 12.0. The number of hydrogen-bond donors (Lipinski definition) is 3. The fraction of sp³-hybridized carbons (Fsp3) is 0.219. The van der Waals surface area contributed by atoms with Crippen LogP contribution >= 0.6 is 15.9 Å². The van der Waals surface area contributed by atoms with Crippen LogP contribution in [0.25, 0.3) is 22.8 Å². The Morgan fingerprint density at radius 2 is 1.43 bits per heavy atom. The first-order chi connectivity index (χ1) is 20.3. The highest BCUT2D eigenvalue weighted by atomic mass is 79.9. The predicted octanol–water partition coefficient (Wildman–Crippen LogP) is 3.45. The van der Waals surface area contributed by atoms with Gasteiger partial charge in [0.15, 0.2) is 11.6 Å². The molecule has 0 saturated carbocycles. The molecule has 2 aromatic heterocycles. The molecule has 0 radical (unpaired) electrons. The average molecular weight is 659 g/mol. The molecule has 1 atom stereocenters. The van der Waals surface area contributed by atoms with Crippen LogP contribution in [0.3, 0.4) is 0 Å². The molecule has 5 rings (SSSR count). The van der Waals surface area contributed by atoms with Crippen molar-refractivity contribution in [2.45, 2.75) is 33.3 Å². The molecule has 11 nitrogen and oxygen atoms in total. The number of rotatable bonds is 4. The van der Waals surface area contributed by atoms with Crippen LogP contribution in [-0.2, 0) is 4.79 Å². The highest BCUT2D eigenvalue weighted by molar-refractivity contribution is 9.10. The number of benzene rings is 2. The van der Waals surface area contributed by atoms with E-state index in [-0.39, 0.29) is 25.2 Å². The molecule has 0 aliphatic carbocycles. The first-order valence-electron chi connectivity index (χ1n) is 13.0. The molecule has 5 N–H and O–H groups in total. The van der Waals surface area contributed by atoms with Crippen molar-refractivity contribution in [3.63, 3.8) is 0 Å². The molecular weight excluding hydrogens is 626 g/mol. The van der Waals surface area contributed by atoms with Gasteiger partial charge in [0, 0.05) is 53.6 Å². The summed E-state index contributed by atoms with van der Waals surface area (Å²) in [5, 5.41) is 10.4. The summed E-state index contributed by atoms with van der Waals surface area (Å²) < 4.78 is 0.945. The van der Waals surface area contributed by atoms with Crippen molar-refractivity contribution in [1.29, 1.82) is 0 Å². The van der Waals surface area contributed by atoms with Gasteiger partial charge in [-0.2, -0.15) is 0 Å². The summed E-state index contributed by atoms with van der Waals surface area (Å²) in [6.07, 6.45) is 3.27. The Morgan fingerprint density at radius 3 is 1.91 bits per heavy atom. The van der Waals surface area contributed by atoms with Crippen LogP contribution in [0.15, 0.2) is 65.4 Å². The summed E-state index contributed by atoms with van der Waals surface area (Å²) in [5.74, 6) is 4.82. The van der Waals surface area contributed by atoms with Crippen molar-refractivity contribution in [1.82, 2.24) is 24.8 Å². The topological polar surface area (TPSA) is 178 Å². The molecule has 2 aromatic carbocycles. The Kier molecular flexibility index (Phi) is 10.7. The number of nitrogens with zero attached hydrogens (tertiary/aromatic N) is 5. The summed E-state index contributed by atoms with van der Waals surface area (Å²) in [4.78, 5) is 52.4. The second kappa shape index (κ2) is 14.0. The number of carbonyl (C=O) groups excluding carboxylic acids is 3. The van der Waals surface area contributed by atoms with Crippen molar-refractivity contribution >= 4 is 33.7 Å². The van der Waals surface area contributed by atoms with E-state index < -0.39 is 23.3 Å². The highest BCUT2D eigenvalue weighted by Crippen LogP contribution is 2.23. The first kappa shape index (κ1) is 33.5. The molecule has 3 heterocycles. The monoisotopic (exact) mass is 657 g/mol. The summed E-state index contributed by atoms with van der Waals surface area (Å²) in [6, 6.07) is 14.2. The fourth-order valence-electron chi connectivity index (χ4n) is 4.27. The molecule has 0 spiro atoms. The van der Waals surface area contributed by atoms with Crippen LogP contribution in [0.1, 0.15) is 51.5 Å². The minimum Gasteiger partial charge on any atom is -0.369 e. The zero-order chi connectivity index (χ0) is 31.3. The van der Waals surface area contributed by atoms with Gasteiger partial charge >= 0.3 is 0 Å². The Labute approximate surface area is 263 Å². The molecule has 3 amide bonds. The van der Waals surface area contributed by atoms with E-state index in [0.717, 1.165) is 21.2 Å². The van der Waals surface area contributed by atoms with Gasteiger partial charge < -0.3 is 21.5 Å². The normalized spacial score (nSPS) is 15.3. The summed E-state index contributed by atoms with van der Waals surface area (Å²) in [7, 11) is 1.63. The van der Waals surface area contributed by atoms with Crippen LogP contribution in [0, 0.1) is 25.7 Å². The van der Waals surface area contributed by atoms with Gasteiger partial charge in [0.2, 0.25) is 5.60 Å². The number of aryl methyl sites for hydroxylation is 2. The molecule has 1 saturated heterocycles. The fourth-order valence-corrected chi connectivity index (χ4v) is 4.87. The van der Waals surface area contributed by atoms with Gasteiger partial charge in [-0.3, -0.25) is 14.4 Å². The number of amides is 3. The third-order valence-electron chi connectivity index (χ3n) is 6.38. The third kappa shape index (κ3) is 8.09. The number of hydrogen-bond acceptors (Lipinski definition) is 8. The van der Waals surface area contributed by atoms with Crippen molar-refractivity contribution < 1.29 is 19.5 Å². The number of carbonyl (C=O) groups is 3. The van der Waals surface area contributed by atoms with E-state index >= 15 is 0 Å². The van der Waals surface area contributed by atoms with E-state index in [2.05, 4.69) is 47.7 Å². The minimum atomic E-state index is -1.65. The maximum absolute atomic E-state index is 12.0. The number of aliphatic hydroxyl groups is 1. The average Bonchev–Trinajstić information content (AvgIpc) is 3.23. The lowest BCUT2D eigenvalue weighted by Crippen LogP contribution is -2.37. The van der Waals surface area contributed by atoms with Crippen LogP contribution in [-0.4, -0.2) is 66.9 Å². The van der Waals surface area contributed by atoms with Gasteiger partial charge in [0.25, 0.3) is 17.7 Å². The van der Waals surface area contributed by atoms with Crippen molar-refractivity contribution in [2.24, 2.45) is 11.5 Å². The lowest BCUT2D eigenvalue weighted by molar-refractivity contribution is -0.137. The zero-order valence-corrected chi connectivity index (χ0v) is 25.2. The minimum absolute atomic E-state index is 0. The van der Waals surface area contributed by atoms with Gasteiger partial charge in [0.05, 0.1) is 0 Å². The summed E-state index contributed by atoms with van der Waals surface area (Å²) in [6.45, 7) is 4.33. The SMILES string of the molecule is C.Cc1cc(Br)cc(-c2nccc(C(N)=O)n2)c1.Cc1cc(C#C[C@]2(O)CCN(C)C2=O)cc(-c2nccc(C(N)=O)n2)c1. The van der Waals surface area contributed by atoms with E-state index in [1.165, 1.54) is 29.4 Å². The van der Waals surface area contributed by atoms with E-state index in [1.807, 2.05) is 44.2 Å². The second-order valence-electron chi connectivity index (χ2n) is 9.95. The number of aromatic nitrogens is 4. The Morgan fingerprint density at radius 1 is 0.909 bits per heavy atom. The third-order valence-corrected chi connectivity index (χ3v) is 6.83. The Hall–Kier alpha value is -4.99. The van der Waals surface area contributed by atoms with Gasteiger partial charge in [-0.1, -0.05) is 35.2 Å². The summed E-state index contributed by atoms with van der Waals surface area (Å²) >= 11 is 3.41. The second-order valence-corrected chi connectivity index (χ2v) is 10.9. The Bertz CT molecular complexity index is 1780. The van der Waals surface area contributed by atoms with Crippen molar-refractivity contribution in [2.75, 3.05) is 13.6 Å². The molecule has 1 aliphatic rings. The largest absolute Gasteiger partial charge is 0.369 e. The van der Waals surface area contributed by atoms with Gasteiger partial charge in [0.1, 0.15) is 11.4 Å². The van der Waals surface area contributed by atoms with E-state index in [9.17, 15) is 19.5 Å². The number of halogens is 1. The molecule has 0 unspecified atom stereocenters. The predicted molar refractivity (Wildman–Crippen MR) is 170 cm³/mol. The molecule has 44 heavy (non-hydrogen) atoms. The molecular formula is C32H32BrN7O4. The molecule has 12 heteroatoms. The van der Waals surface area contributed by atoms with Crippen LogP contribution in [0.4, 0.5) is 0 Å². The molecule has 226 valence electrons. The molecule has 1 fully saturated rings. The number of primary amides is 2. The van der Waals surface area contributed by atoms with Crippen LogP contribution < -0.4 is 11.5 Å². The van der Waals surface area contributed by atoms with Crippen molar-refractivity contribution in [3.8, 4) is 34.6 Å². The van der Waals surface area contributed by atoms with Gasteiger partial charge in [-0.25, -0.2) is 19.9 Å². The van der Waals surface area contributed by atoms with E-state index in [0.29, 0.717) is 29.3 Å². The lowest BCUT2D eigenvalue weighted by atomic mass is 10.0. The number of nitrogens with two attached hydrogens (primary N) is 2. The van der Waals surface area contributed by atoms with Gasteiger partial charge in [-0.05, 0) is 73.5 Å². The highest BCUT2D eigenvalue weighted by Gasteiger charge is 2.42. The molecule has 1 aliphatic heterocycles. The van der Waals surface area contributed by atoms with E-state index in [1.54, 1.807) is 13.1 Å². The van der Waals surface area contributed by atoms with Gasteiger partial charge in [-0.15, -0.1) is 0 Å². The van der Waals surface area contributed by atoms with Crippen LogP contribution in [0.5, 0.6) is 0 Å². The first-order valence-corrected chi connectivity index (χ1v) is 13.8. The Balaban J connectivity index is 0.000000256.